The third-order valence-electron chi connectivity index (χ3n) is 4.07. The van der Waals surface area contributed by atoms with Gasteiger partial charge in [-0.2, -0.15) is 0 Å². The van der Waals surface area contributed by atoms with Gasteiger partial charge in [0.25, 0.3) is 0 Å². The Morgan fingerprint density at radius 3 is 2.53 bits per heavy atom. The molecule has 2 rings (SSSR count). The number of hydrogen-bond acceptors (Lipinski definition) is 2. The van der Waals surface area contributed by atoms with Gasteiger partial charge in [0.1, 0.15) is 11.3 Å². The minimum Gasteiger partial charge on any atom is -0.459 e. The maximum absolute atomic E-state index is 6.12. The predicted octanol–water partition coefficient (Wildman–Crippen LogP) is 4.68. The van der Waals surface area contributed by atoms with Crippen molar-refractivity contribution in [2.75, 3.05) is 6.54 Å². The maximum Gasteiger partial charge on any atom is 0.137 e. The molecular formula is C17H25NO. The second kappa shape index (κ2) is 5.79. The molecule has 2 aromatic rings. The average Bonchev–Trinajstić information content (AvgIpc) is 2.80. The Hall–Kier alpha value is -1.28. The molecule has 104 valence electrons. The monoisotopic (exact) mass is 259 g/mol. The van der Waals surface area contributed by atoms with Crippen molar-refractivity contribution in [1.29, 1.82) is 0 Å². The van der Waals surface area contributed by atoms with Gasteiger partial charge in [-0.05, 0) is 36.9 Å². The van der Waals surface area contributed by atoms with Gasteiger partial charge < -0.3 is 9.73 Å². The van der Waals surface area contributed by atoms with Crippen LogP contribution in [0.1, 0.15) is 45.1 Å². The Labute approximate surface area is 116 Å². The SMILES string of the molecule is CCNC(c1cc2cccc(C)c2o1)C(C)C(C)C. The Bertz CT molecular complexity index is 541. The summed E-state index contributed by atoms with van der Waals surface area (Å²) < 4.78 is 6.12. The molecule has 1 aromatic heterocycles. The first-order chi connectivity index (χ1) is 9.04. The molecule has 0 radical (unpaired) electrons. The van der Waals surface area contributed by atoms with Crippen molar-refractivity contribution in [3.05, 3.63) is 35.6 Å². The lowest BCUT2D eigenvalue weighted by Crippen LogP contribution is -2.29. The minimum absolute atomic E-state index is 0.289. The molecule has 2 heteroatoms. The Balaban J connectivity index is 2.41. The van der Waals surface area contributed by atoms with Crippen molar-refractivity contribution in [3.63, 3.8) is 0 Å². The third-order valence-corrected chi connectivity index (χ3v) is 4.07. The van der Waals surface area contributed by atoms with E-state index >= 15 is 0 Å². The van der Waals surface area contributed by atoms with Gasteiger partial charge >= 0.3 is 0 Å². The molecule has 0 amide bonds. The quantitative estimate of drug-likeness (QED) is 0.843. The first-order valence-electron chi connectivity index (χ1n) is 7.27. The second-order valence-corrected chi connectivity index (χ2v) is 5.78. The van der Waals surface area contributed by atoms with Crippen molar-refractivity contribution in [3.8, 4) is 0 Å². The van der Waals surface area contributed by atoms with Gasteiger partial charge in [0.05, 0.1) is 6.04 Å². The molecule has 0 aliphatic carbocycles. The Kier molecular flexibility index (Phi) is 4.31. The van der Waals surface area contributed by atoms with Gasteiger partial charge in [-0.15, -0.1) is 0 Å². The van der Waals surface area contributed by atoms with E-state index in [1.54, 1.807) is 0 Å². The van der Waals surface area contributed by atoms with Crippen LogP contribution in [-0.2, 0) is 0 Å². The lowest BCUT2D eigenvalue weighted by molar-refractivity contribution is 0.275. The molecule has 0 bridgehead atoms. The molecule has 0 spiro atoms. The third kappa shape index (κ3) is 2.84. The second-order valence-electron chi connectivity index (χ2n) is 5.78. The molecule has 2 atom stereocenters. The fourth-order valence-corrected chi connectivity index (χ4v) is 2.53. The van der Waals surface area contributed by atoms with Crippen LogP contribution in [-0.4, -0.2) is 6.54 Å². The van der Waals surface area contributed by atoms with Crippen LogP contribution < -0.4 is 5.32 Å². The van der Waals surface area contributed by atoms with E-state index in [2.05, 4.69) is 64.2 Å². The van der Waals surface area contributed by atoms with Crippen LogP contribution in [0.25, 0.3) is 11.0 Å². The summed E-state index contributed by atoms with van der Waals surface area (Å²) in [6.07, 6.45) is 0. The molecule has 0 aliphatic heterocycles. The summed E-state index contributed by atoms with van der Waals surface area (Å²) in [4.78, 5) is 0. The molecule has 2 nitrogen and oxygen atoms in total. The zero-order valence-corrected chi connectivity index (χ0v) is 12.7. The lowest BCUT2D eigenvalue weighted by atomic mass is 9.89. The van der Waals surface area contributed by atoms with Crippen LogP contribution in [0.5, 0.6) is 0 Å². The Morgan fingerprint density at radius 2 is 1.95 bits per heavy atom. The number of hydrogen-bond donors (Lipinski definition) is 1. The Morgan fingerprint density at radius 1 is 1.21 bits per heavy atom. The number of nitrogens with one attached hydrogen (secondary N) is 1. The largest absolute Gasteiger partial charge is 0.459 e. The van der Waals surface area contributed by atoms with Crippen LogP contribution in [0.3, 0.4) is 0 Å². The van der Waals surface area contributed by atoms with Crippen molar-refractivity contribution in [2.45, 2.75) is 40.7 Å². The fourth-order valence-electron chi connectivity index (χ4n) is 2.53. The van der Waals surface area contributed by atoms with Crippen molar-refractivity contribution >= 4 is 11.0 Å². The van der Waals surface area contributed by atoms with E-state index in [4.69, 9.17) is 4.42 Å². The van der Waals surface area contributed by atoms with Gasteiger partial charge in [0.15, 0.2) is 0 Å². The summed E-state index contributed by atoms with van der Waals surface area (Å²) in [5, 5.41) is 4.77. The molecule has 1 aromatic carbocycles. The number of fused-ring (bicyclic) bond motifs is 1. The summed E-state index contributed by atoms with van der Waals surface area (Å²) >= 11 is 0. The van der Waals surface area contributed by atoms with E-state index in [1.807, 2.05) is 0 Å². The molecule has 1 heterocycles. The topological polar surface area (TPSA) is 25.2 Å². The van der Waals surface area contributed by atoms with Crippen molar-refractivity contribution in [1.82, 2.24) is 5.32 Å². The van der Waals surface area contributed by atoms with Gasteiger partial charge in [-0.1, -0.05) is 45.9 Å². The first-order valence-corrected chi connectivity index (χ1v) is 7.27. The molecular weight excluding hydrogens is 234 g/mol. The van der Waals surface area contributed by atoms with Crippen LogP contribution >= 0.6 is 0 Å². The van der Waals surface area contributed by atoms with E-state index < -0.39 is 0 Å². The molecule has 1 N–H and O–H groups in total. The van der Waals surface area contributed by atoms with Gasteiger partial charge in [0.2, 0.25) is 0 Å². The van der Waals surface area contributed by atoms with E-state index in [1.165, 1.54) is 10.9 Å². The number of furan rings is 1. The summed E-state index contributed by atoms with van der Waals surface area (Å²) in [6, 6.07) is 8.79. The van der Waals surface area contributed by atoms with Crippen LogP contribution in [0.2, 0.25) is 0 Å². The van der Waals surface area contributed by atoms with Gasteiger partial charge in [-0.25, -0.2) is 0 Å². The molecule has 0 aliphatic rings. The number of benzene rings is 1. The van der Waals surface area contributed by atoms with Gasteiger partial charge in [-0.3, -0.25) is 0 Å². The normalized spacial score (nSPS) is 15.1. The number of aryl methyl sites for hydroxylation is 1. The lowest BCUT2D eigenvalue weighted by Gasteiger charge is -2.25. The van der Waals surface area contributed by atoms with Crippen LogP contribution in [0, 0.1) is 18.8 Å². The summed E-state index contributed by atoms with van der Waals surface area (Å²) in [7, 11) is 0. The zero-order valence-electron chi connectivity index (χ0n) is 12.7. The van der Waals surface area contributed by atoms with E-state index in [0.29, 0.717) is 11.8 Å². The molecule has 0 saturated carbocycles. The first kappa shape index (κ1) is 14.1. The van der Waals surface area contributed by atoms with E-state index in [0.717, 1.165) is 17.9 Å². The molecule has 19 heavy (non-hydrogen) atoms. The van der Waals surface area contributed by atoms with Gasteiger partial charge in [0, 0.05) is 5.39 Å². The van der Waals surface area contributed by atoms with E-state index in [-0.39, 0.29) is 6.04 Å². The molecule has 2 unspecified atom stereocenters. The number of para-hydroxylation sites is 1. The average molecular weight is 259 g/mol. The predicted molar refractivity (Wildman–Crippen MR) is 81.4 cm³/mol. The summed E-state index contributed by atoms with van der Waals surface area (Å²) in [5.41, 5.74) is 2.23. The fraction of sp³-hybridized carbons (Fsp3) is 0.529. The zero-order chi connectivity index (χ0) is 14.0. The highest BCUT2D eigenvalue weighted by Gasteiger charge is 2.24. The number of rotatable bonds is 5. The molecule has 0 fully saturated rings. The summed E-state index contributed by atoms with van der Waals surface area (Å²) in [5.74, 6) is 2.23. The highest BCUT2D eigenvalue weighted by atomic mass is 16.3. The smallest absolute Gasteiger partial charge is 0.137 e. The maximum atomic E-state index is 6.12. The standard InChI is InChI=1S/C17H25NO/c1-6-18-16(13(5)11(2)3)15-10-14-9-7-8-12(4)17(14)19-15/h7-11,13,16,18H,6H2,1-5H3. The highest BCUT2D eigenvalue weighted by Crippen LogP contribution is 2.32. The highest BCUT2D eigenvalue weighted by molar-refractivity contribution is 5.81. The van der Waals surface area contributed by atoms with Crippen molar-refractivity contribution in [2.24, 2.45) is 11.8 Å². The van der Waals surface area contributed by atoms with E-state index in [9.17, 15) is 0 Å². The van der Waals surface area contributed by atoms with Crippen LogP contribution in [0.4, 0.5) is 0 Å². The van der Waals surface area contributed by atoms with Crippen molar-refractivity contribution < 1.29 is 4.42 Å². The summed E-state index contributed by atoms with van der Waals surface area (Å²) in [6.45, 7) is 12.0. The minimum atomic E-state index is 0.289. The van der Waals surface area contributed by atoms with Crippen LogP contribution in [0.15, 0.2) is 28.7 Å². The molecule has 0 saturated heterocycles.